The molecule has 0 unspecified atom stereocenters. The van der Waals surface area contributed by atoms with Crippen molar-refractivity contribution >= 4 is 5.96 Å². The number of aliphatic imine (C=N–C) groups is 1. The van der Waals surface area contributed by atoms with Gasteiger partial charge in [-0.3, -0.25) is 4.99 Å². The molecule has 0 atom stereocenters. The summed E-state index contributed by atoms with van der Waals surface area (Å²) < 4.78 is 16.0. The van der Waals surface area contributed by atoms with E-state index in [1.54, 1.807) is 14.2 Å². The topological polar surface area (TPSA) is 64.1 Å². The van der Waals surface area contributed by atoms with Crippen molar-refractivity contribution in [1.29, 1.82) is 0 Å². The number of hydrogen-bond acceptors (Lipinski definition) is 4. The molecule has 0 aromatic heterocycles. The van der Waals surface area contributed by atoms with Gasteiger partial charge in [-0.25, -0.2) is 0 Å². The quantitative estimate of drug-likeness (QED) is 0.369. The highest BCUT2D eigenvalue weighted by Gasteiger charge is 2.03. The normalized spacial score (nSPS) is 11.3. The minimum Gasteiger partial charge on any atom is -0.494 e. The molecule has 130 valence electrons. The SMILES string of the molecule is CCOc1ccccc1CNC(=NC)NCCCOCCOC. The van der Waals surface area contributed by atoms with Gasteiger partial charge in [-0.1, -0.05) is 18.2 Å². The number of rotatable bonds is 11. The van der Waals surface area contributed by atoms with Crippen molar-refractivity contribution in [1.82, 2.24) is 10.6 Å². The van der Waals surface area contributed by atoms with E-state index in [0.29, 0.717) is 33.0 Å². The van der Waals surface area contributed by atoms with Gasteiger partial charge in [0.2, 0.25) is 0 Å². The van der Waals surface area contributed by atoms with Crippen molar-refractivity contribution in [3.8, 4) is 5.75 Å². The van der Waals surface area contributed by atoms with E-state index in [1.807, 2.05) is 25.1 Å². The number of nitrogens with one attached hydrogen (secondary N) is 2. The van der Waals surface area contributed by atoms with E-state index in [4.69, 9.17) is 14.2 Å². The molecule has 0 amide bonds. The first-order valence-corrected chi connectivity index (χ1v) is 8.03. The van der Waals surface area contributed by atoms with Gasteiger partial charge >= 0.3 is 0 Å². The van der Waals surface area contributed by atoms with E-state index in [1.165, 1.54) is 0 Å². The molecule has 0 radical (unpaired) electrons. The fourth-order valence-electron chi connectivity index (χ4n) is 1.97. The lowest BCUT2D eigenvalue weighted by Crippen LogP contribution is -2.37. The van der Waals surface area contributed by atoms with Crippen LogP contribution in [0.4, 0.5) is 0 Å². The molecule has 2 N–H and O–H groups in total. The third-order valence-electron chi connectivity index (χ3n) is 3.13. The Bertz CT molecular complexity index is 452. The molecule has 0 heterocycles. The minimum absolute atomic E-state index is 0.635. The van der Waals surface area contributed by atoms with Crippen LogP contribution in [0.2, 0.25) is 0 Å². The van der Waals surface area contributed by atoms with Crippen LogP contribution in [0.5, 0.6) is 5.75 Å². The van der Waals surface area contributed by atoms with E-state index in [2.05, 4.69) is 21.7 Å². The molecule has 1 aromatic rings. The largest absolute Gasteiger partial charge is 0.494 e. The van der Waals surface area contributed by atoms with Crippen LogP contribution >= 0.6 is 0 Å². The van der Waals surface area contributed by atoms with Gasteiger partial charge in [0.15, 0.2) is 5.96 Å². The van der Waals surface area contributed by atoms with Crippen LogP contribution in [0.1, 0.15) is 18.9 Å². The molecule has 0 bridgehead atoms. The Morgan fingerprint density at radius 2 is 1.96 bits per heavy atom. The molecule has 0 fully saturated rings. The zero-order valence-electron chi connectivity index (χ0n) is 14.4. The third kappa shape index (κ3) is 8.42. The predicted molar refractivity (Wildman–Crippen MR) is 93.1 cm³/mol. The second-order valence-corrected chi connectivity index (χ2v) is 4.85. The first kappa shape index (κ1) is 19.3. The Balaban J connectivity index is 2.26. The van der Waals surface area contributed by atoms with Crippen LogP contribution in [-0.4, -0.2) is 53.1 Å². The number of nitrogens with zero attached hydrogens (tertiary/aromatic N) is 1. The summed E-state index contributed by atoms with van der Waals surface area (Å²) in [7, 11) is 3.43. The fraction of sp³-hybridized carbons (Fsp3) is 0.588. The Kier molecular flexibility index (Phi) is 10.7. The molecule has 1 rings (SSSR count). The molecule has 1 aromatic carbocycles. The van der Waals surface area contributed by atoms with Gasteiger partial charge in [0.25, 0.3) is 0 Å². The smallest absolute Gasteiger partial charge is 0.191 e. The summed E-state index contributed by atoms with van der Waals surface area (Å²) in [5.41, 5.74) is 1.11. The number of ether oxygens (including phenoxy) is 3. The summed E-state index contributed by atoms with van der Waals surface area (Å²) in [5, 5.41) is 6.56. The van der Waals surface area contributed by atoms with E-state index >= 15 is 0 Å². The Labute approximate surface area is 139 Å². The van der Waals surface area contributed by atoms with Crippen LogP contribution in [0, 0.1) is 0 Å². The predicted octanol–water partition coefficient (Wildman–Crippen LogP) is 1.80. The highest BCUT2D eigenvalue weighted by molar-refractivity contribution is 5.79. The Morgan fingerprint density at radius 1 is 1.13 bits per heavy atom. The highest BCUT2D eigenvalue weighted by Crippen LogP contribution is 2.17. The Morgan fingerprint density at radius 3 is 2.70 bits per heavy atom. The van der Waals surface area contributed by atoms with Crippen molar-refractivity contribution < 1.29 is 14.2 Å². The lowest BCUT2D eigenvalue weighted by atomic mass is 10.2. The molecule has 0 saturated carbocycles. The average Bonchev–Trinajstić information content (AvgIpc) is 2.58. The van der Waals surface area contributed by atoms with E-state index in [9.17, 15) is 0 Å². The van der Waals surface area contributed by atoms with Crippen molar-refractivity contribution in [2.24, 2.45) is 4.99 Å². The fourth-order valence-corrected chi connectivity index (χ4v) is 1.97. The zero-order valence-corrected chi connectivity index (χ0v) is 14.4. The van der Waals surface area contributed by atoms with Crippen molar-refractivity contribution in [3.63, 3.8) is 0 Å². The summed E-state index contributed by atoms with van der Waals surface area (Å²) in [6.07, 6.45) is 0.917. The first-order valence-electron chi connectivity index (χ1n) is 8.03. The maximum atomic E-state index is 5.62. The number of guanidine groups is 1. The zero-order chi connectivity index (χ0) is 16.8. The van der Waals surface area contributed by atoms with Crippen LogP contribution in [0.15, 0.2) is 29.3 Å². The van der Waals surface area contributed by atoms with Gasteiger partial charge in [-0.15, -0.1) is 0 Å². The van der Waals surface area contributed by atoms with Gasteiger partial charge in [0, 0.05) is 39.4 Å². The van der Waals surface area contributed by atoms with Gasteiger partial charge in [-0.05, 0) is 19.4 Å². The van der Waals surface area contributed by atoms with E-state index in [-0.39, 0.29) is 0 Å². The molecule has 0 spiro atoms. The van der Waals surface area contributed by atoms with Crippen molar-refractivity contribution in [2.45, 2.75) is 19.9 Å². The molecule has 0 saturated heterocycles. The molecular formula is C17H29N3O3. The monoisotopic (exact) mass is 323 g/mol. The number of benzene rings is 1. The average molecular weight is 323 g/mol. The van der Waals surface area contributed by atoms with Gasteiger partial charge in [0.05, 0.1) is 19.8 Å². The summed E-state index contributed by atoms with van der Waals surface area (Å²) in [5.74, 6) is 1.68. The summed E-state index contributed by atoms with van der Waals surface area (Å²) >= 11 is 0. The van der Waals surface area contributed by atoms with Crippen LogP contribution in [-0.2, 0) is 16.0 Å². The van der Waals surface area contributed by atoms with Gasteiger partial charge < -0.3 is 24.8 Å². The second kappa shape index (κ2) is 12.7. The maximum absolute atomic E-state index is 5.62. The highest BCUT2D eigenvalue weighted by atomic mass is 16.5. The molecular weight excluding hydrogens is 294 g/mol. The van der Waals surface area contributed by atoms with E-state index in [0.717, 1.165) is 30.2 Å². The second-order valence-electron chi connectivity index (χ2n) is 4.85. The van der Waals surface area contributed by atoms with Crippen LogP contribution in [0.25, 0.3) is 0 Å². The number of hydrogen-bond donors (Lipinski definition) is 2. The first-order chi connectivity index (χ1) is 11.3. The summed E-state index contributed by atoms with van der Waals surface area (Å²) in [6.45, 7) is 6.10. The van der Waals surface area contributed by atoms with Crippen molar-refractivity contribution in [3.05, 3.63) is 29.8 Å². The van der Waals surface area contributed by atoms with Gasteiger partial charge in [-0.2, -0.15) is 0 Å². The van der Waals surface area contributed by atoms with Gasteiger partial charge in [0.1, 0.15) is 5.75 Å². The lowest BCUT2D eigenvalue weighted by Gasteiger charge is -2.14. The number of methoxy groups -OCH3 is 1. The molecule has 23 heavy (non-hydrogen) atoms. The molecule has 0 aliphatic heterocycles. The van der Waals surface area contributed by atoms with E-state index < -0.39 is 0 Å². The molecule has 6 nitrogen and oxygen atoms in total. The summed E-state index contributed by atoms with van der Waals surface area (Å²) in [6, 6.07) is 8.02. The maximum Gasteiger partial charge on any atom is 0.191 e. The molecule has 0 aliphatic rings. The van der Waals surface area contributed by atoms with Crippen molar-refractivity contribution in [2.75, 3.05) is 47.1 Å². The lowest BCUT2D eigenvalue weighted by molar-refractivity contribution is 0.0698. The minimum atomic E-state index is 0.635. The standard InChI is InChI=1S/C17H29N3O3/c1-4-23-16-9-6-5-8-15(16)14-20-17(18-2)19-10-7-11-22-13-12-21-3/h5-6,8-9H,4,7,10-14H2,1-3H3,(H2,18,19,20). The Hall–Kier alpha value is -1.79. The van der Waals surface area contributed by atoms with Crippen LogP contribution < -0.4 is 15.4 Å². The molecule has 0 aliphatic carbocycles. The number of para-hydroxylation sites is 1. The van der Waals surface area contributed by atoms with Crippen LogP contribution in [0.3, 0.4) is 0 Å². The summed E-state index contributed by atoms with van der Waals surface area (Å²) in [4.78, 5) is 4.22. The molecule has 6 heteroatoms. The third-order valence-corrected chi connectivity index (χ3v) is 3.13.